The smallest absolute Gasteiger partial charge is 0.0461 e. The van der Waals surface area contributed by atoms with Gasteiger partial charge in [-0.1, -0.05) is 84.0 Å². The molecule has 0 bridgehead atoms. The molecule has 3 aromatic carbocycles. The van der Waals surface area contributed by atoms with Gasteiger partial charge in [-0.3, -0.25) is 0 Å². The first-order chi connectivity index (χ1) is 12.7. The molecule has 0 amide bonds. The van der Waals surface area contributed by atoms with Crippen LogP contribution in [0.5, 0.6) is 0 Å². The first-order valence-electron chi connectivity index (χ1n) is 9.72. The third kappa shape index (κ3) is 4.42. The number of rotatable bonds is 3. The number of anilines is 3. The maximum atomic E-state index is 2.32. The van der Waals surface area contributed by atoms with Crippen molar-refractivity contribution in [2.75, 3.05) is 4.90 Å². The summed E-state index contributed by atoms with van der Waals surface area (Å²) >= 11 is 0. The molecule has 0 fully saturated rings. The van der Waals surface area contributed by atoms with Gasteiger partial charge in [-0.05, 0) is 58.4 Å². The fourth-order valence-electron chi connectivity index (χ4n) is 3.25. The summed E-state index contributed by atoms with van der Waals surface area (Å²) in [6, 6.07) is 28.5. The van der Waals surface area contributed by atoms with Gasteiger partial charge in [-0.15, -0.1) is 0 Å². The molecule has 0 radical (unpaired) electrons. The van der Waals surface area contributed by atoms with E-state index in [1.807, 2.05) is 0 Å². The third-order valence-electron chi connectivity index (χ3n) is 5.00. The molecule has 0 heterocycles. The molecule has 1 heteroatoms. The normalized spacial score (nSPS) is 12.1. The Morgan fingerprint density at radius 2 is 0.778 bits per heavy atom. The van der Waals surface area contributed by atoms with Crippen molar-refractivity contribution in [3.05, 3.63) is 90.0 Å². The van der Waals surface area contributed by atoms with Gasteiger partial charge >= 0.3 is 0 Å². The van der Waals surface area contributed by atoms with E-state index in [2.05, 4.69) is 125 Å². The van der Waals surface area contributed by atoms with Crippen molar-refractivity contribution >= 4 is 17.1 Å². The zero-order chi connectivity index (χ0) is 19.7. The van der Waals surface area contributed by atoms with Crippen molar-refractivity contribution in [2.45, 2.75) is 52.4 Å². The molecule has 0 aromatic heterocycles. The summed E-state index contributed by atoms with van der Waals surface area (Å²) in [4.78, 5) is 2.32. The highest BCUT2D eigenvalue weighted by atomic mass is 15.1. The summed E-state index contributed by atoms with van der Waals surface area (Å²) in [6.07, 6.45) is 0. The van der Waals surface area contributed by atoms with E-state index < -0.39 is 0 Å². The Morgan fingerprint density at radius 3 is 1.11 bits per heavy atom. The van der Waals surface area contributed by atoms with Gasteiger partial charge in [0.15, 0.2) is 0 Å². The number of para-hydroxylation sites is 1. The highest BCUT2D eigenvalue weighted by Crippen LogP contribution is 2.36. The quantitative estimate of drug-likeness (QED) is 0.463. The molecule has 3 rings (SSSR count). The van der Waals surface area contributed by atoms with Crippen molar-refractivity contribution in [1.82, 2.24) is 0 Å². The van der Waals surface area contributed by atoms with E-state index in [9.17, 15) is 0 Å². The lowest BCUT2D eigenvalue weighted by atomic mass is 9.86. The average Bonchev–Trinajstić information content (AvgIpc) is 2.62. The second kappa shape index (κ2) is 7.23. The van der Waals surface area contributed by atoms with Crippen LogP contribution in [0, 0.1) is 0 Å². The molecule has 0 aliphatic heterocycles. The van der Waals surface area contributed by atoms with Crippen LogP contribution in [0.25, 0.3) is 0 Å². The number of hydrogen-bond donors (Lipinski definition) is 0. The van der Waals surface area contributed by atoms with E-state index in [1.54, 1.807) is 0 Å². The predicted molar refractivity (Wildman–Crippen MR) is 119 cm³/mol. The lowest BCUT2D eigenvalue weighted by molar-refractivity contribution is 0.590. The van der Waals surface area contributed by atoms with E-state index in [-0.39, 0.29) is 10.8 Å². The molecular formula is C26H31N. The Balaban J connectivity index is 2.05. The lowest BCUT2D eigenvalue weighted by Gasteiger charge is -2.28. The van der Waals surface area contributed by atoms with Crippen LogP contribution in [0.2, 0.25) is 0 Å². The largest absolute Gasteiger partial charge is 0.311 e. The molecular weight excluding hydrogens is 326 g/mol. The molecule has 0 saturated carbocycles. The lowest BCUT2D eigenvalue weighted by Crippen LogP contribution is -2.14. The predicted octanol–water partition coefficient (Wildman–Crippen LogP) is 7.75. The molecule has 0 spiro atoms. The van der Waals surface area contributed by atoms with Crippen LogP contribution >= 0.6 is 0 Å². The van der Waals surface area contributed by atoms with Crippen molar-refractivity contribution in [1.29, 1.82) is 0 Å². The van der Waals surface area contributed by atoms with Gasteiger partial charge in [0.05, 0.1) is 0 Å². The minimum atomic E-state index is 0.157. The fourth-order valence-corrected chi connectivity index (χ4v) is 3.25. The van der Waals surface area contributed by atoms with Crippen LogP contribution in [0.4, 0.5) is 17.1 Å². The van der Waals surface area contributed by atoms with Gasteiger partial charge in [-0.25, -0.2) is 0 Å². The van der Waals surface area contributed by atoms with E-state index in [1.165, 1.54) is 28.2 Å². The Hall–Kier alpha value is -2.54. The molecule has 0 aliphatic carbocycles. The maximum Gasteiger partial charge on any atom is 0.0461 e. The van der Waals surface area contributed by atoms with E-state index in [4.69, 9.17) is 0 Å². The van der Waals surface area contributed by atoms with Crippen molar-refractivity contribution in [3.63, 3.8) is 0 Å². The van der Waals surface area contributed by atoms with Gasteiger partial charge in [0.1, 0.15) is 0 Å². The van der Waals surface area contributed by atoms with Crippen molar-refractivity contribution in [3.8, 4) is 0 Å². The van der Waals surface area contributed by atoms with Crippen LogP contribution in [0.3, 0.4) is 0 Å². The highest BCUT2D eigenvalue weighted by Gasteiger charge is 2.18. The molecule has 0 N–H and O–H groups in total. The molecule has 3 aromatic rings. The first kappa shape index (κ1) is 19.2. The van der Waals surface area contributed by atoms with Crippen molar-refractivity contribution < 1.29 is 0 Å². The number of benzene rings is 3. The Bertz CT molecular complexity index is 803. The summed E-state index contributed by atoms with van der Waals surface area (Å²) in [5, 5.41) is 0. The average molecular weight is 358 g/mol. The molecule has 0 unspecified atom stereocenters. The zero-order valence-corrected chi connectivity index (χ0v) is 17.5. The summed E-state index contributed by atoms with van der Waals surface area (Å²) in [5.74, 6) is 0. The molecule has 0 atom stereocenters. The molecule has 1 nitrogen and oxygen atoms in total. The van der Waals surface area contributed by atoms with Gasteiger partial charge in [0.2, 0.25) is 0 Å². The topological polar surface area (TPSA) is 3.24 Å². The van der Waals surface area contributed by atoms with Crippen LogP contribution < -0.4 is 4.90 Å². The second-order valence-corrected chi connectivity index (χ2v) is 9.26. The minimum absolute atomic E-state index is 0.157. The van der Waals surface area contributed by atoms with Crippen LogP contribution in [-0.4, -0.2) is 0 Å². The van der Waals surface area contributed by atoms with E-state index >= 15 is 0 Å². The maximum absolute atomic E-state index is 2.32. The van der Waals surface area contributed by atoms with Crippen LogP contribution in [-0.2, 0) is 10.8 Å². The number of hydrogen-bond acceptors (Lipinski definition) is 1. The zero-order valence-electron chi connectivity index (χ0n) is 17.5. The van der Waals surface area contributed by atoms with Crippen LogP contribution in [0.1, 0.15) is 52.7 Å². The monoisotopic (exact) mass is 357 g/mol. The van der Waals surface area contributed by atoms with Crippen molar-refractivity contribution in [2.24, 2.45) is 0 Å². The standard InChI is InChI=1S/C26H31N/c1-25(2,3)20-12-16-23(17-13-20)27(22-10-8-7-9-11-22)24-18-14-21(15-19-24)26(4,5)6/h7-19H,1-6H3. The fraction of sp³-hybridized carbons (Fsp3) is 0.308. The summed E-state index contributed by atoms with van der Waals surface area (Å²) < 4.78 is 0. The van der Waals surface area contributed by atoms with Gasteiger partial charge < -0.3 is 4.90 Å². The van der Waals surface area contributed by atoms with Gasteiger partial charge in [0, 0.05) is 17.1 Å². The van der Waals surface area contributed by atoms with Crippen LogP contribution in [0.15, 0.2) is 78.9 Å². The first-order valence-corrected chi connectivity index (χ1v) is 9.72. The van der Waals surface area contributed by atoms with Gasteiger partial charge in [0.25, 0.3) is 0 Å². The molecule has 0 aliphatic rings. The van der Waals surface area contributed by atoms with E-state index in [0.29, 0.717) is 0 Å². The third-order valence-corrected chi connectivity index (χ3v) is 5.00. The molecule has 27 heavy (non-hydrogen) atoms. The molecule has 0 saturated heterocycles. The Morgan fingerprint density at radius 1 is 0.444 bits per heavy atom. The summed E-state index contributed by atoms with van der Waals surface area (Å²) in [6.45, 7) is 13.5. The van der Waals surface area contributed by atoms with E-state index in [0.717, 1.165) is 0 Å². The Labute approximate surface area is 164 Å². The second-order valence-electron chi connectivity index (χ2n) is 9.26. The minimum Gasteiger partial charge on any atom is -0.311 e. The Kier molecular flexibility index (Phi) is 5.15. The SMILES string of the molecule is CC(C)(C)c1ccc(N(c2ccccc2)c2ccc(C(C)(C)C)cc2)cc1. The van der Waals surface area contributed by atoms with Gasteiger partial charge in [-0.2, -0.15) is 0 Å². The number of nitrogens with zero attached hydrogens (tertiary/aromatic N) is 1. The summed E-state index contributed by atoms with van der Waals surface area (Å²) in [5.41, 5.74) is 6.54. The molecule has 140 valence electrons. The highest BCUT2D eigenvalue weighted by molar-refractivity contribution is 5.76. The summed E-state index contributed by atoms with van der Waals surface area (Å²) in [7, 11) is 0.